The molecule has 0 unspecified atom stereocenters. The zero-order valence-electron chi connectivity index (χ0n) is 16.1. The van der Waals surface area contributed by atoms with Gasteiger partial charge in [0, 0.05) is 45.3 Å². The maximum absolute atomic E-state index is 12.6. The van der Waals surface area contributed by atoms with Crippen LogP contribution in [-0.4, -0.2) is 72.1 Å². The Balaban J connectivity index is 1.38. The van der Waals surface area contributed by atoms with Gasteiger partial charge in [0.1, 0.15) is 0 Å². The number of alkyl halides is 3. The van der Waals surface area contributed by atoms with Crippen molar-refractivity contribution < 1.29 is 18.0 Å². The Labute approximate surface area is 168 Å². The van der Waals surface area contributed by atoms with Crippen LogP contribution in [0, 0.1) is 0 Å². The summed E-state index contributed by atoms with van der Waals surface area (Å²) in [5.41, 5.74) is 2.47. The zero-order chi connectivity index (χ0) is 20.4. The maximum Gasteiger partial charge on any atom is 0.471 e. The van der Waals surface area contributed by atoms with Crippen LogP contribution in [0.4, 0.5) is 13.2 Å². The molecule has 0 saturated carbocycles. The summed E-state index contributed by atoms with van der Waals surface area (Å²) in [6.07, 6.45) is -4.78. The van der Waals surface area contributed by atoms with Crippen molar-refractivity contribution in [3.8, 4) is 0 Å². The standard InChI is InChI=1S/C22H24F3N3O/c23-22(24,25)21(29)27-13-11-26(12-14-27)19-15-28(16-19)20(17-7-3-1-4-8-17)18-9-5-2-6-10-18/h1-10,19-20H,11-16H2. The van der Waals surface area contributed by atoms with Crippen LogP contribution in [-0.2, 0) is 4.79 Å². The topological polar surface area (TPSA) is 26.8 Å². The lowest BCUT2D eigenvalue weighted by atomic mass is 9.92. The monoisotopic (exact) mass is 403 g/mol. The maximum atomic E-state index is 12.6. The highest BCUT2D eigenvalue weighted by Crippen LogP contribution is 2.34. The molecule has 2 fully saturated rings. The number of hydrogen-bond acceptors (Lipinski definition) is 3. The summed E-state index contributed by atoms with van der Waals surface area (Å²) in [5.74, 6) is -1.72. The number of benzene rings is 2. The van der Waals surface area contributed by atoms with Gasteiger partial charge in [-0.3, -0.25) is 14.6 Å². The van der Waals surface area contributed by atoms with Gasteiger partial charge in [0.2, 0.25) is 0 Å². The summed E-state index contributed by atoms with van der Waals surface area (Å²) in [5, 5.41) is 0. The number of piperazine rings is 1. The van der Waals surface area contributed by atoms with E-state index in [9.17, 15) is 18.0 Å². The number of carbonyl (C=O) groups is 1. The Morgan fingerprint density at radius 1 is 0.828 bits per heavy atom. The molecule has 0 N–H and O–H groups in total. The van der Waals surface area contributed by atoms with Gasteiger partial charge in [-0.2, -0.15) is 13.2 Å². The number of likely N-dealkylation sites (tertiary alicyclic amines) is 1. The van der Waals surface area contributed by atoms with E-state index in [0.717, 1.165) is 18.0 Å². The van der Waals surface area contributed by atoms with Gasteiger partial charge in [0.05, 0.1) is 6.04 Å². The molecule has 0 atom stereocenters. The highest BCUT2D eigenvalue weighted by atomic mass is 19.4. The molecule has 2 heterocycles. The molecular weight excluding hydrogens is 379 g/mol. The molecule has 4 nitrogen and oxygen atoms in total. The number of halogens is 3. The van der Waals surface area contributed by atoms with Gasteiger partial charge in [-0.25, -0.2) is 0 Å². The lowest BCUT2D eigenvalue weighted by molar-refractivity contribution is -0.187. The van der Waals surface area contributed by atoms with Crippen molar-refractivity contribution in [3.05, 3.63) is 71.8 Å². The van der Waals surface area contributed by atoms with E-state index in [1.807, 2.05) is 36.4 Å². The van der Waals surface area contributed by atoms with E-state index in [1.165, 1.54) is 11.1 Å². The second-order valence-electron chi connectivity index (χ2n) is 7.66. The molecule has 7 heteroatoms. The summed E-state index contributed by atoms with van der Waals surface area (Å²) < 4.78 is 37.9. The SMILES string of the molecule is O=C(N1CCN(C2CN(C(c3ccccc3)c3ccccc3)C2)CC1)C(F)(F)F. The van der Waals surface area contributed by atoms with E-state index in [4.69, 9.17) is 0 Å². The van der Waals surface area contributed by atoms with E-state index in [1.54, 1.807) is 0 Å². The van der Waals surface area contributed by atoms with Crippen LogP contribution in [0.2, 0.25) is 0 Å². The molecule has 2 aliphatic rings. The third-order valence-electron chi connectivity index (χ3n) is 5.85. The molecule has 4 rings (SSSR count). The average molecular weight is 403 g/mol. The number of rotatable bonds is 4. The van der Waals surface area contributed by atoms with Crippen molar-refractivity contribution in [2.75, 3.05) is 39.3 Å². The number of amides is 1. The van der Waals surface area contributed by atoms with Crippen molar-refractivity contribution in [1.82, 2.24) is 14.7 Å². The highest BCUT2D eigenvalue weighted by molar-refractivity contribution is 5.81. The van der Waals surface area contributed by atoms with Crippen LogP contribution >= 0.6 is 0 Å². The fraction of sp³-hybridized carbons (Fsp3) is 0.409. The van der Waals surface area contributed by atoms with Gasteiger partial charge in [-0.15, -0.1) is 0 Å². The first kappa shape index (κ1) is 19.9. The minimum absolute atomic E-state index is 0.135. The van der Waals surface area contributed by atoms with Gasteiger partial charge >= 0.3 is 12.1 Å². The lowest BCUT2D eigenvalue weighted by Gasteiger charge is -2.51. The minimum Gasteiger partial charge on any atom is -0.332 e. The fourth-order valence-corrected chi connectivity index (χ4v) is 4.28. The summed E-state index contributed by atoms with van der Waals surface area (Å²) in [6, 6.07) is 21.2. The number of nitrogens with zero attached hydrogens (tertiary/aromatic N) is 3. The summed E-state index contributed by atoms with van der Waals surface area (Å²) in [7, 11) is 0. The zero-order valence-corrected chi connectivity index (χ0v) is 16.1. The molecule has 1 amide bonds. The summed E-state index contributed by atoms with van der Waals surface area (Å²) in [4.78, 5) is 16.9. The Bertz CT molecular complexity index is 775. The molecule has 2 aromatic rings. The van der Waals surface area contributed by atoms with Gasteiger partial charge in [-0.05, 0) is 11.1 Å². The Hall–Kier alpha value is -2.38. The van der Waals surface area contributed by atoms with Crippen LogP contribution in [0.25, 0.3) is 0 Å². The lowest BCUT2D eigenvalue weighted by Crippen LogP contribution is -2.64. The first-order valence-electron chi connectivity index (χ1n) is 9.87. The van der Waals surface area contributed by atoms with Crippen LogP contribution in [0.5, 0.6) is 0 Å². The second-order valence-corrected chi connectivity index (χ2v) is 7.66. The van der Waals surface area contributed by atoms with Crippen LogP contribution < -0.4 is 0 Å². The van der Waals surface area contributed by atoms with E-state index in [0.29, 0.717) is 19.1 Å². The van der Waals surface area contributed by atoms with Gasteiger partial charge in [0.15, 0.2) is 0 Å². The first-order chi connectivity index (χ1) is 13.9. The van der Waals surface area contributed by atoms with Gasteiger partial charge in [0.25, 0.3) is 0 Å². The minimum atomic E-state index is -4.78. The predicted molar refractivity (Wildman–Crippen MR) is 104 cm³/mol. The molecule has 0 bridgehead atoms. The van der Waals surface area contributed by atoms with Crippen LogP contribution in [0.3, 0.4) is 0 Å². The molecule has 29 heavy (non-hydrogen) atoms. The second kappa shape index (κ2) is 8.16. The van der Waals surface area contributed by atoms with Crippen LogP contribution in [0.1, 0.15) is 17.2 Å². The van der Waals surface area contributed by atoms with Gasteiger partial charge in [-0.1, -0.05) is 60.7 Å². The predicted octanol–water partition coefficient (Wildman–Crippen LogP) is 3.17. The molecule has 2 aromatic carbocycles. The van der Waals surface area contributed by atoms with Crippen molar-refractivity contribution >= 4 is 5.91 Å². The molecule has 0 radical (unpaired) electrons. The normalized spacial score (nSPS) is 19.4. The summed E-state index contributed by atoms with van der Waals surface area (Å²) in [6.45, 7) is 2.97. The molecule has 154 valence electrons. The Morgan fingerprint density at radius 2 is 1.31 bits per heavy atom. The van der Waals surface area contributed by atoms with Crippen LogP contribution in [0.15, 0.2) is 60.7 Å². The molecule has 2 aliphatic heterocycles. The fourth-order valence-electron chi connectivity index (χ4n) is 4.28. The van der Waals surface area contributed by atoms with Crippen molar-refractivity contribution in [3.63, 3.8) is 0 Å². The molecule has 2 saturated heterocycles. The molecule has 0 aliphatic carbocycles. The Kier molecular flexibility index (Phi) is 5.61. The van der Waals surface area contributed by atoms with Crippen molar-refractivity contribution in [1.29, 1.82) is 0 Å². The van der Waals surface area contributed by atoms with E-state index >= 15 is 0 Å². The average Bonchev–Trinajstić information content (AvgIpc) is 2.70. The van der Waals surface area contributed by atoms with E-state index in [-0.39, 0.29) is 19.1 Å². The third-order valence-corrected chi connectivity index (χ3v) is 5.85. The molecule has 0 spiro atoms. The molecule has 0 aromatic heterocycles. The summed E-state index contributed by atoms with van der Waals surface area (Å²) >= 11 is 0. The van der Waals surface area contributed by atoms with Crippen molar-refractivity contribution in [2.45, 2.75) is 18.3 Å². The quantitative estimate of drug-likeness (QED) is 0.785. The third kappa shape index (κ3) is 4.31. The largest absolute Gasteiger partial charge is 0.471 e. The van der Waals surface area contributed by atoms with Crippen molar-refractivity contribution in [2.24, 2.45) is 0 Å². The number of hydrogen-bond donors (Lipinski definition) is 0. The molecular formula is C22H24F3N3O. The highest BCUT2D eigenvalue weighted by Gasteiger charge is 2.44. The van der Waals surface area contributed by atoms with E-state index < -0.39 is 12.1 Å². The number of carbonyl (C=O) groups excluding carboxylic acids is 1. The van der Waals surface area contributed by atoms with E-state index in [2.05, 4.69) is 34.1 Å². The first-order valence-corrected chi connectivity index (χ1v) is 9.87. The Morgan fingerprint density at radius 3 is 1.76 bits per heavy atom. The smallest absolute Gasteiger partial charge is 0.332 e. The van der Waals surface area contributed by atoms with Gasteiger partial charge < -0.3 is 4.90 Å².